The molecule has 2 atom stereocenters. The van der Waals surface area contributed by atoms with Crippen molar-refractivity contribution in [2.75, 3.05) is 56.9 Å². The van der Waals surface area contributed by atoms with Gasteiger partial charge in [0.15, 0.2) is 0 Å². The summed E-state index contributed by atoms with van der Waals surface area (Å²) in [5, 5.41) is 0. The highest BCUT2D eigenvalue weighted by Gasteiger charge is 2.79. The number of rotatable bonds is 30. The van der Waals surface area contributed by atoms with Crippen molar-refractivity contribution in [2.24, 2.45) is 0 Å². The van der Waals surface area contributed by atoms with E-state index in [-0.39, 0.29) is 0 Å². The van der Waals surface area contributed by atoms with E-state index in [1.54, 1.807) is 56.9 Å². The third-order valence-electron chi connectivity index (χ3n) is 19.3. The molecule has 0 heterocycles. The van der Waals surface area contributed by atoms with Crippen molar-refractivity contribution in [1.29, 1.82) is 0 Å². The van der Waals surface area contributed by atoms with Gasteiger partial charge in [-0.25, -0.2) is 0 Å². The zero-order chi connectivity index (χ0) is 68.8. The van der Waals surface area contributed by atoms with Gasteiger partial charge < -0.3 is 42.6 Å². The SMILES string of the molecule is COc1ccc(C(c2ccccc2)(c2ccc(OC)cc2)C(OC(OC)OC)(OC(OC(OC)OC)(C(c2ccccc2)(c2ccccc2)c2ccccc2)C(c2ccccc2)(c2ccc(OC)cc2)c2ccc(OC)cc2)C(c2ccccc2)(c2ccccc2)c2ccccc2)cc1. The van der Waals surface area contributed by atoms with Crippen molar-refractivity contribution >= 4 is 0 Å². The molecule has 500 valence electrons. The molecule has 0 saturated carbocycles. The van der Waals surface area contributed by atoms with E-state index in [1.165, 1.54) is 0 Å². The van der Waals surface area contributed by atoms with E-state index in [1.807, 2.05) is 121 Å². The molecule has 0 aliphatic carbocycles. The fraction of sp³-hybridized carbons (Fsp3) is 0.182. The molecule has 11 nitrogen and oxygen atoms in total. The average Bonchev–Trinajstić information content (AvgIpc) is 0.649. The van der Waals surface area contributed by atoms with Crippen molar-refractivity contribution < 1.29 is 52.1 Å². The quantitative estimate of drug-likeness (QED) is 0.0318. The Morgan fingerprint density at radius 3 is 0.455 bits per heavy atom. The van der Waals surface area contributed by atoms with Gasteiger partial charge in [-0.2, -0.15) is 0 Å². The lowest BCUT2D eigenvalue weighted by Gasteiger charge is -2.67. The van der Waals surface area contributed by atoms with Crippen LogP contribution in [0.5, 0.6) is 23.0 Å². The molecule has 0 aliphatic heterocycles. The molecule has 99 heavy (non-hydrogen) atoms. The molecule has 0 N–H and O–H groups in total. The highest BCUT2D eigenvalue weighted by Crippen LogP contribution is 2.70. The van der Waals surface area contributed by atoms with Gasteiger partial charge in [0, 0.05) is 28.4 Å². The summed E-state index contributed by atoms with van der Waals surface area (Å²) in [7, 11) is 12.9. The lowest BCUT2D eigenvalue weighted by Crippen LogP contribution is -2.78. The lowest BCUT2D eigenvalue weighted by atomic mass is 9.48. The zero-order valence-corrected chi connectivity index (χ0v) is 57.0. The number of methoxy groups -OCH3 is 8. The normalized spacial score (nSPS) is 13.3. The largest absolute Gasteiger partial charge is 0.497 e. The first-order valence-corrected chi connectivity index (χ1v) is 32.9. The molecule has 0 aromatic heterocycles. The van der Waals surface area contributed by atoms with Crippen molar-refractivity contribution in [3.05, 3.63) is 406 Å². The molecule has 0 saturated heterocycles. The Morgan fingerprint density at radius 2 is 0.323 bits per heavy atom. The third kappa shape index (κ3) is 11.8. The Morgan fingerprint density at radius 1 is 0.182 bits per heavy atom. The summed E-state index contributed by atoms with van der Waals surface area (Å²) in [5.74, 6) is -2.86. The van der Waals surface area contributed by atoms with E-state index in [9.17, 15) is 4.74 Å². The minimum Gasteiger partial charge on any atom is -0.497 e. The summed E-state index contributed by atoms with van der Waals surface area (Å²) < 4.78 is 80.2. The number of hydrogen-bond acceptors (Lipinski definition) is 11. The first-order chi connectivity index (χ1) is 48.7. The maximum atomic E-state index is 10.3. The van der Waals surface area contributed by atoms with Gasteiger partial charge in [-0.15, -0.1) is 0 Å². The van der Waals surface area contributed by atoms with Gasteiger partial charge >= 0.3 is 0 Å². The fourth-order valence-electron chi connectivity index (χ4n) is 15.3. The van der Waals surface area contributed by atoms with Crippen molar-refractivity contribution in [1.82, 2.24) is 0 Å². The van der Waals surface area contributed by atoms with Crippen LogP contribution in [-0.2, 0) is 54.8 Å². The highest BCUT2D eigenvalue weighted by molar-refractivity contribution is 5.68. The minimum atomic E-state index is -2.61. The molecule has 0 bridgehead atoms. The van der Waals surface area contributed by atoms with Gasteiger partial charge in [0.25, 0.3) is 13.0 Å². The third-order valence-corrected chi connectivity index (χ3v) is 19.3. The van der Waals surface area contributed by atoms with Crippen LogP contribution in [0.25, 0.3) is 0 Å². The number of hydrogen-bond donors (Lipinski definition) is 0. The summed E-state index contributed by atoms with van der Waals surface area (Å²) in [6.07, 6.45) is 0. The first-order valence-electron chi connectivity index (χ1n) is 32.9. The van der Waals surface area contributed by atoms with Gasteiger partial charge in [0.05, 0.1) is 28.4 Å². The van der Waals surface area contributed by atoms with Crippen molar-refractivity contribution in [2.45, 2.75) is 46.2 Å². The predicted octanol–water partition coefficient (Wildman–Crippen LogP) is 17.8. The summed E-state index contributed by atoms with van der Waals surface area (Å²) >= 11 is 0. The summed E-state index contributed by atoms with van der Waals surface area (Å²) in [6.45, 7) is -3.24. The predicted molar refractivity (Wildman–Crippen MR) is 387 cm³/mol. The molecule has 12 aromatic carbocycles. The van der Waals surface area contributed by atoms with Crippen LogP contribution in [0, 0.1) is 0 Å². The topological polar surface area (TPSA) is 102 Å². The first kappa shape index (κ1) is 68.5. The van der Waals surface area contributed by atoms with E-state index < -0.39 is 46.2 Å². The van der Waals surface area contributed by atoms with E-state index in [4.69, 9.17) is 47.4 Å². The second kappa shape index (κ2) is 30.5. The molecule has 0 aliphatic rings. The zero-order valence-electron chi connectivity index (χ0n) is 57.0. The van der Waals surface area contributed by atoms with Crippen LogP contribution in [0.1, 0.15) is 66.8 Å². The monoisotopic (exact) mass is 1310 g/mol. The lowest BCUT2D eigenvalue weighted by molar-refractivity contribution is -0.483. The van der Waals surface area contributed by atoms with Crippen LogP contribution in [0.15, 0.2) is 340 Å². The Labute approximate surface area is 581 Å². The summed E-state index contributed by atoms with van der Waals surface area (Å²) in [6, 6.07) is 116. The standard InChI is InChI=1S/C88H82O11/c1-89-77-57-49-73(50-58-77)85(71-45-29-15-30-46-71,74-51-59-78(90-2)60-52-74)87(97-81(93-5)94-6,83(65-33-17-9-18-34-65,66-35-19-10-20-36-66)67-37-21-11-22-38-67)99-88(98-82(95-7)96-8,84(68-39-23-12-24-40-68,69-41-25-13-26-42-69)70-43-27-14-28-44-70)86(72-47-31-16-32-48-72,75-53-61-79(91-3)62-54-75)76-55-63-80(92-4)64-56-76/h9-64,81-82H,1-8H3. The number of benzene rings is 12. The van der Waals surface area contributed by atoms with Crippen LogP contribution < -0.4 is 18.9 Å². The van der Waals surface area contributed by atoms with E-state index >= 15 is 0 Å². The van der Waals surface area contributed by atoms with Crippen LogP contribution in [0.3, 0.4) is 0 Å². The van der Waals surface area contributed by atoms with Gasteiger partial charge in [-0.3, -0.25) is 9.47 Å². The Kier molecular flexibility index (Phi) is 21.1. The summed E-state index contributed by atoms with van der Waals surface area (Å²) in [4.78, 5) is 0. The Balaban J connectivity index is 1.56. The molecule has 11 heteroatoms. The van der Waals surface area contributed by atoms with E-state index in [0.717, 1.165) is 0 Å². The maximum Gasteiger partial charge on any atom is 0.273 e. The summed E-state index contributed by atoms with van der Waals surface area (Å²) in [5.41, 5.74) is 0.683. The van der Waals surface area contributed by atoms with Gasteiger partial charge in [-0.1, -0.05) is 291 Å². The molecule has 0 radical (unpaired) electrons. The Bertz CT molecular complexity index is 3840. The van der Waals surface area contributed by atoms with Crippen LogP contribution >= 0.6 is 0 Å². The molecule has 12 rings (SSSR count). The second-order valence-electron chi connectivity index (χ2n) is 23.9. The highest BCUT2D eigenvalue weighted by atomic mass is 16.9. The minimum absolute atomic E-state index is 0.592. The molecule has 12 aromatic rings. The van der Waals surface area contributed by atoms with Crippen LogP contribution in [0.2, 0.25) is 0 Å². The molecule has 0 amide bonds. The van der Waals surface area contributed by atoms with E-state index in [2.05, 4.69) is 218 Å². The molecule has 0 fully saturated rings. The average molecular weight is 1320 g/mol. The van der Waals surface area contributed by atoms with Gasteiger partial charge in [0.1, 0.15) is 44.7 Å². The maximum absolute atomic E-state index is 10.3. The van der Waals surface area contributed by atoms with Crippen LogP contribution in [0.4, 0.5) is 0 Å². The molecular formula is C88H82O11. The second-order valence-corrected chi connectivity index (χ2v) is 23.9. The van der Waals surface area contributed by atoms with Gasteiger partial charge in [-0.05, 0) is 115 Å². The number of ether oxygens (including phenoxy) is 11. The molecule has 0 spiro atoms. The fourth-order valence-corrected chi connectivity index (χ4v) is 15.3. The molecular weight excluding hydrogens is 1230 g/mol. The van der Waals surface area contributed by atoms with Gasteiger partial charge in [0.2, 0.25) is 11.6 Å². The van der Waals surface area contributed by atoms with Crippen LogP contribution in [-0.4, -0.2) is 81.4 Å². The Hall–Kier alpha value is -10.4. The van der Waals surface area contributed by atoms with Crippen molar-refractivity contribution in [3.8, 4) is 23.0 Å². The smallest absolute Gasteiger partial charge is 0.273 e. The van der Waals surface area contributed by atoms with E-state index in [0.29, 0.717) is 89.8 Å². The molecule has 2 unspecified atom stereocenters. The van der Waals surface area contributed by atoms with Crippen molar-refractivity contribution in [3.63, 3.8) is 0 Å².